The largest absolute Gasteiger partial charge is 0.369 e. The molecular weight excluding hydrogens is 324 g/mol. The monoisotopic (exact) mass is 345 g/mol. The number of hydrogen-bond acceptors (Lipinski definition) is 3. The molecule has 6 heteroatoms. The third-order valence-electron chi connectivity index (χ3n) is 4.56. The summed E-state index contributed by atoms with van der Waals surface area (Å²) in [5.74, 6) is -0.912. The summed E-state index contributed by atoms with van der Waals surface area (Å²) in [6.07, 6.45) is 0. The maximum absolute atomic E-state index is 13.7. The van der Waals surface area contributed by atoms with Crippen molar-refractivity contribution in [1.29, 1.82) is 0 Å². The average molecular weight is 345 g/mol. The lowest BCUT2D eigenvalue weighted by atomic mass is 10.2. The highest BCUT2D eigenvalue weighted by Gasteiger charge is 2.26. The van der Waals surface area contributed by atoms with Crippen LogP contribution >= 0.6 is 0 Å². The van der Waals surface area contributed by atoms with Gasteiger partial charge in [0.2, 0.25) is 5.91 Å². The quantitative estimate of drug-likeness (QED) is 0.925. The van der Waals surface area contributed by atoms with E-state index >= 15 is 0 Å². The Morgan fingerprint density at radius 2 is 1.64 bits per heavy atom. The predicted molar refractivity (Wildman–Crippen MR) is 94.7 cm³/mol. The first-order chi connectivity index (χ1) is 12.0. The van der Waals surface area contributed by atoms with E-state index < -0.39 is 5.82 Å². The lowest BCUT2D eigenvalue weighted by Crippen LogP contribution is -2.52. The van der Waals surface area contributed by atoms with Gasteiger partial charge in [0.15, 0.2) is 0 Å². The number of halogens is 2. The zero-order valence-corrected chi connectivity index (χ0v) is 14.1. The van der Waals surface area contributed by atoms with Gasteiger partial charge in [0.05, 0.1) is 11.7 Å². The molecule has 4 nitrogen and oxygen atoms in total. The normalized spacial score (nSPS) is 16.5. The van der Waals surface area contributed by atoms with Crippen LogP contribution in [0.25, 0.3) is 0 Å². The predicted octanol–water partition coefficient (Wildman–Crippen LogP) is 3.11. The van der Waals surface area contributed by atoms with Crippen molar-refractivity contribution in [3.8, 4) is 0 Å². The fourth-order valence-electron chi connectivity index (χ4n) is 2.98. The molecule has 1 aliphatic heterocycles. The third kappa shape index (κ3) is 4.14. The Kier molecular flexibility index (Phi) is 5.28. The number of benzene rings is 2. The second kappa shape index (κ2) is 7.61. The summed E-state index contributed by atoms with van der Waals surface area (Å²) in [5, 5.41) is 2.65. The van der Waals surface area contributed by atoms with Crippen LogP contribution < -0.4 is 10.2 Å². The van der Waals surface area contributed by atoms with Crippen molar-refractivity contribution in [2.75, 3.05) is 36.4 Å². The molecule has 1 fully saturated rings. The second-order valence-corrected chi connectivity index (χ2v) is 6.14. The standard InChI is InChI=1S/C19H21F2N3O/c1-14(19(25)22-18-5-3-2-4-17(18)21)23-10-12-24(13-11-23)16-8-6-15(20)7-9-16/h2-9,14H,10-13H2,1H3,(H,22,25). The first kappa shape index (κ1) is 17.4. The van der Waals surface area contributed by atoms with E-state index in [9.17, 15) is 13.6 Å². The molecule has 0 spiro atoms. The number of rotatable bonds is 4. The fraction of sp³-hybridized carbons (Fsp3) is 0.316. The molecule has 1 amide bonds. The van der Waals surface area contributed by atoms with Crippen LogP contribution in [0.3, 0.4) is 0 Å². The molecule has 0 bridgehead atoms. The van der Waals surface area contributed by atoms with Gasteiger partial charge in [-0.25, -0.2) is 8.78 Å². The van der Waals surface area contributed by atoms with Crippen LogP contribution in [0.15, 0.2) is 48.5 Å². The van der Waals surface area contributed by atoms with E-state index in [0.29, 0.717) is 13.1 Å². The van der Waals surface area contributed by atoms with E-state index in [4.69, 9.17) is 0 Å². The third-order valence-corrected chi connectivity index (χ3v) is 4.56. The fourth-order valence-corrected chi connectivity index (χ4v) is 2.98. The maximum Gasteiger partial charge on any atom is 0.241 e. The van der Waals surface area contributed by atoms with Crippen LogP contribution in [0, 0.1) is 11.6 Å². The number of anilines is 2. The number of piperazine rings is 1. The second-order valence-electron chi connectivity index (χ2n) is 6.14. The van der Waals surface area contributed by atoms with Crippen LogP contribution in [-0.2, 0) is 4.79 Å². The SMILES string of the molecule is CC(C(=O)Nc1ccccc1F)N1CCN(c2ccc(F)cc2)CC1. The molecule has 0 radical (unpaired) electrons. The number of amides is 1. The van der Waals surface area contributed by atoms with Crippen LogP contribution in [0.4, 0.5) is 20.2 Å². The summed E-state index contributed by atoms with van der Waals surface area (Å²) in [6.45, 7) is 4.75. The summed E-state index contributed by atoms with van der Waals surface area (Å²) < 4.78 is 26.7. The Balaban J connectivity index is 1.56. The number of nitrogens with one attached hydrogen (secondary N) is 1. The molecule has 1 unspecified atom stereocenters. The van der Waals surface area contributed by atoms with Gasteiger partial charge in [-0.1, -0.05) is 12.1 Å². The Morgan fingerprint density at radius 1 is 1.00 bits per heavy atom. The number of para-hydroxylation sites is 1. The van der Waals surface area contributed by atoms with E-state index in [0.717, 1.165) is 18.8 Å². The van der Waals surface area contributed by atoms with E-state index in [2.05, 4.69) is 15.1 Å². The Hall–Kier alpha value is -2.47. The number of nitrogens with zero attached hydrogens (tertiary/aromatic N) is 2. The topological polar surface area (TPSA) is 35.6 Å². The minimum absolute atomic E-state index is 0.198. The summed E-state index contributed by atoms with van der Waals surface area (Å²) in [7, 11) is 0. The van der Waals surface area contributed by atoms with Crippen molar-refractivity contribution >= 4 is 17.3 Å². The molecule has 1 heterocycles. The molecule has 1 saturated heterocycles. The zero-order chi connectivity index (χ0) is 17.8. The van der Waals surface area contributed by atoms with Gasteiger partial charge in [-0.15, -0.1) is 0 Å². The highest BCUT2D eigenvalue weighted by atomic mass is 19.1. The lowest BCUT2D eigenvalue weighted by molar-refractivity contribution is -0.120. The molecule has 1 atom stereocenters. The van der Waals surface area contributed by atoms with Crippen molar-refractivity contribution in [2.45, 2.75) is 13.0 Å². The van der Waals surface area contributed by atoms with Crippen molar-refractivity contribution < 1.29 is 13.6 Å². The van der Waals surface area contributed by atoms with Gasteiger partial charge in [0.1, 0.15) is 11.6 Å². The first-order valence-electron chi connectivity index (χ1n) is 8.34. The smallest absolute Gasteiger partial charge is 0.241 e. The molecule has 0 aromatic heterocycles. The van der Waals surface area contributed by atoms with Crippen molar-refractivity contribution in [3.05, 3.63) is 60.2 Å². The minimum atomic E-state index is -0.441. The van der Waals surface area contributed by atoms with Gasteiger partial charge >= 0.3 is 0 Å². The molecule has 1 aliphatic rings. The van der Waals surface area contributed by atoms with E-state index in [1.165, 1.54) is 18.2 Å². The van der Waals surface area contributed by atoms with Gasteiger partial charge in [0, 0.05) is 31.9 Å². The van der Waals surface area contributed by atoms with Crippen molar-refractivity contribution in [1.82, 2.24) is 4.90 Å². The first-order valence-corrected chi connectivity index (χ1v) is 8.34. The van der Waals surface area contributed by atoms with Gasteiger partial charge in [-0.2, -0.15) is 0 Å². The van der Waals surface area contributed by atoms with Crippen LogP contribution in [0.5, 0.6) is 0 Å². The Morgan fingerprint density at radius 3 is 2.28 bits per heavy atom. The maximum atomic E-state index is 13.7. The summed E-state index contributed by atoms with van der Waals surface area (Å²) in [5.41, 5.74) is 1.17. The highest BCUT2D eigenvalue weighted by Crippen LogP contribution is 2.19. The number of carbonyl (C=O) groups excluding carboxylic acids is 1. The number of hydrogen-bond donors (Lipinski definition) is 1. The van der Waals surface area contributed by atoms with Crippen molar-refractivity contribution in [3.63, 3.8) is 0 Å². The van der Waals surface area contributed by atoms with E-state index in [1.54, 1.807) is 30.3 Å². The highest BCUT2D eigenvalue weighted by molar-refractivity contribution is 5.94. The lowest BCUT2D eigenvalue weighted by Gasteiger charge is -2.38. The van der Waals surface area contributed by atoms with Crippen LogP contribution in [-0.4, -0.2) is 43.0 Å². The van der Waals surface area contributed by atoms with Gasteiger partial charge < -0.3 is 10.2 Å². The zero-order valence-electron chi connectivity index (χ0n) is 14.1. The van der Waals surface area contributed by atoms with Gasteiger partial charge in [0.25, 0.3) is 0 Å². The van der Waals surface area contributed by atoms with E-state index in [-0.39, 0.29) is 23.5 Å². The Labute approximate surface area is 146 Å². The van der Waals surface area contributed by atoms with Crippen LogP contribution in [0.1, 0.15) is 6.92 Å². The van der Waals surface area contributed by atoms with Gasteiger partial charge in [-0.05, 0) is 43.3 Å². The minimum Gasteiger partial charge on any atom is -0.369 e. The average Bonchev–Trinajstić information content (AvgIpc) is 2.64. The summed E-state index contributed by atoms with van der Waals surface area (Å²) >= 11 is 0. The summed E-state index contributed by atoms with van der Waals surface area (Å²) in [4.78, 5) is 16.6. The van der Waals surface area contributed by atoms with Crippen LogP contribution in [0.2, 0.25) is 0 Å². The molecule has 0 saturated carbocycles. The van der Waals surface area contributed by atoms with E-state index in [1.807, 2.05) is 6.92 Å². The number of carbonyl (C=O) groups is 1. The molecule has 1 N–H and O–H groups in total. The Bertz CT molecular complexity index is 728. The molecule has 2 aromatic carbocycles. The molecule has 25 heavy (non-hydrogen) atoms. The molecule has 0 aliphatic carbocycles. The molecule has 132 valence electrons. The molecular formula is C19H21F2N3O. The molecule has 2 aromatic rings. The molecule has 3 rings (SSSR count). The van der Waals surface area contributed by atoms with Gasteiger partial charge in [-0.3, -0.25) is 9.69 Å². The van der Waals surface area contributed by atoms with Crippen molar-refractivity contribution in [2.24, 2.45) is 0 Å². The summed E-state index contributed by atoms with van der Waals surface area (Å²) in [6, 6.07) is 12.2.